The summed E-state index contributed by atoms with van der Waals surface area (Å²) in [5.41, 5.74) is 12.6. The summed E-state index contributed by atoms with van der Waals surface area (Å²) in [6.45, 7) is 0. The fraction of sp³-hybridized carbons (Fsp3) is 0. The quantitative estimate of drug-likeness (QED) is 0.170. The lowest BCUT2D eigenvalue weighted by molar-refractivity contribution is 1.24. The molecule has 0 spiro atoms. The van der Waals surface area contributed by atoms with Crippen LogP contribution in [0.1, 0.15) is 0 Å². The number of hydrogen-bond donors (Lipinski definition) is 0. The Morgan fingerprint density at radius 1 is 0.316 bits per heavy atom. The highest BCUT2D eigenvalue weighted by Gasteiger charge is 2.17. The molecule has 0 unspecified atom stereocenters. The van der Waals surface area contributed by atoms with E-state index in [0.29, 0.717) is 0 Å². The summed E-state index contributed by atoms with van der Waals surface area (Å²) >= 11 is 1.76. The molecule has 0 saturated carbocycles. The Kier molecular flexibility index (Phi) is 8.01. The van der Waals surface area contributed by atoms with E-state index in [1.807, 2.05) is 6.07 Å². The molecule has 3 nitrogen and oxygen atoms in total. The fourth-order valence-corrected chi connectivity index (χ4v) is 9.05. The van der Waals surface area contributed by atoms with Crippen molar-refractivity contribution in [3.05, 3.63) is 200 Å². The minimum Gasteiger partial charge on any atom is -0.248 e. The first-order valence-electron chi connectivity index (χ1n) is 19.2. The lowest BCUT2D eigenvalue weighted by atomic mass is 9.96. The standard InChI is InChI=1S/C53H33N3S/c1-2-13-38(14-3-1)50-52-51(46-19-8-9-20-49(46)57-52)56-53(55-50)44-18-10-17-41(31-44)36-21-23-37(24-22-36)45-32-47(42-27-25-34-11-4-6-15-39(34)29-42)54-48(33-45)43-28-26-35-12-5-7-16-40(35)30-43/h1-33H. The van der Waals surface area contributed by atoms with Crippen molar-refractivity contribution in [1.29, 1.82) is 0 Å². The second-order valence-electron chi connectivity index (χ2n) is 14.4. The van der Waals surface area contributed by atoms with E-state index in [0.717, 1.165) is 83.0 Å². The van der Waals surface area contributed by atoms with Gasteiger partial charge in [0.25, 0.3) is 0 Å². The molecular weight excluding hydrogens is 711 g/mol. The molecule has 11 rings (SSSR count). The van der Waals surface area contributed by atoms with Crippen LogP contribution in [0.4, 0.5) is 0 Å². The summed E-state index contributed by atoms with van der Waals surface area (Å²) in [5.74, 6) is 0.725. The van der Waals surface area contributed by atoms with Gasteiger partial charge in [0.1, 0.15) is 0 Å². The summed E-state index contributed by atoms with van der Waals surface area (Å²) < 4.78 is 2.33. The zero-order chi connectivity index (χ0) is 37.7. The molecule has 57 heavy (non-hydrogen) atoms. The first-order valence-corrected chi connectivity index (χ1v) is 20.0. The molecule has 0 atom stereocenters. The molecule has 266 valence electrons. The minimum atomic E-state index is 0.725. The summed E-state index contributed by atoms with van der Waals surface area (Å²) in [6.07, 6.45) is 0. The fourth-order valence-electron chi connectivity index (χ4n) is 7.89. The summed E-state index contributed by atoms with van der Waals surface area (Å²) in [7, 11) is 0. The van der Waals surface area contributed by atoms with Crippen LogP contribution in [0.5, 0.6) is 0 Å². The van der Waals surface area contributed by atoms with Gasteiger partial charge in [0, 0.05) is 32.3 Å². The van der Waals surface area contributed by atoms with Crippen LogP contribution in [-0.2, 0) is 0 Å². The second-order valence-corrected chi connectivity index (χ2v) is 15.5. The topological polar surface area (TPSA) is 38.7 Å². The van der Waals surface area contributed by atoms with Crippen molar-refractivity contribution in [3.63, 3.8) is 0 Å². The number of benzene rings is 8. The van der Waals surface area contributed by atoms with Crippen LogP contribution in [0.3, 0.4) is 0 Å². The maximum absolute atomic E-state index is 5.26. The van der Waals surface area contributed by atoms with Crippen LogP contribution >= 0.6 is 11.3 Å². The Labute approximate surface area is 334 Å². The monoisotopic (exact) mass is 743 g/mol. The lowest BCUT2D eigenvalue weighted by Crippen LogP contribution is -1.94. The van der Waals surface area contributed by atoms with Crippen molar-refractivity contribution >= 4 is 53.2 Å². The van der Waals surface area contributed by atoms with Gasteiger partial charge in [-0.1, -0.05) is 164 Å². The molecule has 0 aliphatic heterocycles. The van der Waals surface area contributed by atoms with Crippen LogP contribution in [0.2, 0.25) is 0 Å². The molecule has 0 bridgehead atoms. The average molecular weight is 744 g/mol. The normalized spacial score (nSPS) is 11.5. The number of fused-ring (bicyclic) bond motifs is 5. The van der Waals surface area contributed by atoms with Gasteiger partial charge in [-0.15, -0.1) is 11.3 Å². The third-order valence-electron chi connectivity index (χ3n) is 10.9. The first-order chi connectivity index (χ1) is 28.2. The van der Waals surface area contributed by atoms with E-state index in [2.05, 4.69) is 194 Å². The average Bonchev–Trinajstić information content (AvgIpc) is 3.67. The lowest BCUT2D eigenvalue weighted by Gasteiger charge is -2.12. The predicted octanol–water partition coefficient (Wildman–Crippen LogP) is 14.5. The Morgan fingerprint density at radius 3 is 1.54 bits per heavy atom. The van der Waals surface area contributed by atoms with Gasteiger partial charge in [-0.3, -0.25) is 0 Å². The van der Waals surface area contributed by atoms with Gasteiger partial charge in [0.05, 0.1) is 27.3 Å². The smallest absolute Gasteiger partial charge is 0.160 e. The number of aromatic nitrogens is 3. The van der Waals surface area contributed by atoms with Gasteiger partial charge < -0.3 is 0 Å². The van der Waals surface area contributed by atoms with E-state index in [4.69, 9.17) is 15.0 Å². The Hall–Kier alpha value is -7.27. The van der Waals surface area contributed by atoms with Crippen molar-refractivity contribution in [2.45, 2.75) is 0 Å². The van der Waals surface area contributed by atoms with Crippen LogP contribution in [0.25, 0.3) is 109 Å². The highest BCUT2D eigenvalue weighted by Crippen LogP contribution is 2.40. The molecule has 0 saturated heterocycles. The maximum Gasteiger partial charge on any atom is 0.160 e. The Balaban J connectivity index is 0.988. The number of pyridine rings is 1. The van der Waals surface area contributed by atoms with Crippen LogP contribution in [-0.4, -0.2) is 15.0 Å². The first kappa shape index (κ1) is 33.1. The molecule has 0 fully saturated rings. The van der Waals surface area contributed by atoms with Gasteiger partial charge in [-0.2, -0.15) is 0 Å². The number of thiophene rings is 1. The van der Waals surface area contributed by atoms with Crippen LogP contribution in [0.15, 0.2) is 200 Å². The van der Waals surface area contributed by atoms with E-state index in [-0.39, 0.29) is 0 Å². The number of hydrogen-bond acceptors (Lipinski definition) is 4. The van der Waals surface area contributed by atoms with E-state index in [9.17, 15) is 0 Å². The summed E-state index contributed by atoms with van der Waals surface area (Å²) in [4.78, 5) is 15.7. The van der Waals surface area contributed by atoms with Crippen molar-refractivity contribution in [2.24, 2.45) is 0 Å². The molecule has 0 aliphatic carbocycles. The van der Waals surface area contributed by atoms with Crippen LogP contribution < -0.4 is 0 Å². The maximum atomic E-state index is 5.26. The molecule has 11 aromatic rings. The third-order valence-corrected chi connectivity index (χ3v) is 12.0. The molecule has 3 aromatic heterocycles. The van der Waals surface area contributed by atoms with Gasteiger partial charge in [-0.25, -0.2) is 15.0 Å². The van der Waals surface area contributed by atoms with Gasteiger partial charge in [0.2, 0.25) is 0 Å². The van der Waals surface area contributed by atoms with Gasteiger partial charge >= 0.3 is 0 Å². The molecule has 0 N–H and O–H groups in total. The molecule has 4 heteroatoms. The van der Waals surface area contributed by atoms with Crippen molar-refractivity contribution in [3.8, 4) is 67.4 Å². The van der Waals surface area contributed by atoms with Crippen LogP contribution in [0, 0.1) is 0 Å². The molecular formula is C53H33N3S. The number of rotatable bonds is 6. The Bertz CT molecular complexity index is 3200. The predicted molar refractivity (Wildman–Crippen MR) is 240 cm³/mol. The molecule has 3 heterocycles. The van der Waals surface area contributed by atoms with Gasteiger partial charge in [-0.05, 0) is 80.2 Å². The zero-order valence-electron chi connectivity index (χ0n) is 30.8. The highest BCUT2D eigenvalue weighted by atomic mass is 32.1. The van der Waals surface area contributed by atoms with Crippen molar-refractivity contribution in [1.82, 2.24) is 15.0 Å². The SMILES string of the molecule is c1ccc(-c2nc(-c3cccc(-c4ccc(-c5cc(-c6ccc7ccccc7c6)nc(-c6ccc7ccccc7c6)c5)cc4)c3)nc3c2sc2ccccc23)cc1. The van der Waals surface area contributed by atoms with E-state index in [1.54, 1.807) is 11.3 Å². The summed E-state index contributed by atoms with van der Waals surface area (Å²) in [5, 5.41) is 6.00. The highest BCUT2D eigenvalue weighted by molar-refractivity contribution is 7.26. The van der Waals surface area contributed by atoms with Crippen molar-refractivity contribution < 1.29 is 0 Å². The molecule has 8 aromatic carbocycles. The zero-order valence-corrected chi connectivity index (χ0v) is 31.6. The summed E-state index contributed by atoms with van der Waals surface area (Å²) in [6, 6.07) is 71.1. The van der Waals surface area contributed by atoms with Gasteiger partial charge in [0.15, 0.2) is 5.82 Å². The molecule has 0 aliphatic rings. The second kappa shape index (κ2) is 13.8. The van der Waals surface area contributed by atoms with E-state index >= 15 is 0 Å². The molecule has 0 radical (unpaired) electrons. The third kappa shape index (κ3) is 6.13. The van der Waals surface area contributed by atoms with E-state index in [1.165, 1.54) is 26.2 Å². The minimum absolute atomic E-state index is 0.725. The van der Waals surface area contributed by atoms with Crippen molar-refractivity contribution in [2.75, 3.05) is 0 Å². The van der Waals surface area contributed by atoms with E-state index < -0.39 is 0 Å². The number of nitrogens with zero attached hydrogens (tertiary/aromatic N) is 3. The Morgan fingerprint density at radius 2 is 0.860 bits per heavy atom. The largest absolute Gasteiger partial charge is 0.248 e. The molecule has 0 amide bonds.